The molecule has 0 spiro atoms. The van der Waals surface area contributed by atoms with E-state index in [-0.39, 0.29) is 11.5 Å². The lowest BCUT2D eigenvalue weighted by atomic mass is 10.1. The Kier molecular flexibility index (Phi) is 9.50. The highest BCUT2D eigenvalue weighted by molar-refractivity contribution is 5.94. The predicted molar refractivity (Wildman–Crippen MR) is 91.0 cm³/mol. The van der Waals surface area contributed by atoms with Gasteiger partial charge in [0.1, 0.15) is 0 Å². The van der Waals surface area contributed by atoms with Gasteiger partial charge in [0.15, 0.2) is 0 Å². The van der Waals surface area contributed by atoms with E-state index in [1.54, 1.807) is 0 Å². The van der Waals surface area contributed by atoms with Crippen molar-refractivity contribution in [2.75, 3.05) is 6.54 Å². The molecule has 0 aliphatic carbocycles. The van der Waals surface area contributed by atoms with E-state index < -0.39 is 11.7 Å². The van der Waals surface area contributed by atoms with Crippen LogP contribution in [0, 0.1) is 0 Å². The number of hydrogen-bond acceptors (Lipinski definition) is 1. The summed E-state index contributed by atoms with van der Waals surface area (Å²) < 4.78 is 37.4. The molecular weight excluding hydrogens is 315 g/mol. The van der Waals surface area contributed by atoms with Crippen molar-refractivity contribution in [3.63, 3.8) is 0 Å². The van der Waals surface area contributed by atoms with Crippen LogP contribution in [0.1, 0.15) is 80.6 Å². The van der Waals surface area contributed by atoms with E-state index in [0.717, 1.165) is 25.0 Å². The van der Waals surface area contributed by atoms with E-state index in [2.05, 4.69) is 12.2 Å². The molecule has 1 amide bonds. The molecule has 0 saturated heterocycles. The van der Waals surface area contributed by atoms with Crippen LogP contribution in [0.2, 0.25) is 0 Å². The molecule has 24 heavy (non-hydrogen) atoms. The van der Waals surface area contributed by atoms with E-state index in [1.165, 1.54) is 57.1 Å². The molecule has 1 aromatic rings. The molecule has 5 heteroatoms. The van der Waals surface area contributed by atoms with Gasteiger partial charge in [-0.15, -0.1) is 0 Å². The minimum absolute atomic E-state index is 0.263. The van der Waals surface area contributed by atoms with Gasteiger partial charge in [-0.3, -0.25) is 4.79 Å². The molecule has 136 valence electrons. The van der Waals surface area contributed by atoms with Crippen molar-refractivity contribution in [3.05, 3.63) is 35.4 Å². The molecule has 0 aliphatic rings. The van der Waals surface area contributed by atoms with Crippen molar-refractivity contribution < 1.29 is 18.0 Å². The monoisotopic (exact) mass is 343 g/mol. The number of unbranched alkanes of at least 4 members (excludes halogenated alkanes) is 8. The second-order valence-corrected chi connectivity index (χ2v) is 6.16. The number of alkyl halides is 3. The third kappa shape index (κ3) is 8.37. The highest BCUT2D eigenvalue weighted by Gasteiger charge is 2.30. The molecule has 0 bridgehead atoms. The molecule has 0 unspecified atom stereocenters. The first-order valence-electron chi connectivity index (χ1n) is 8.90. The molecule has 1 rings (SSSR count). The third-order valence-electron chi connectivity index (χ3n) is 4.04. The second kappa shape index (κ2) is 11.1. The summed E-state index contributed by atoms with van der Waals surface area (Å²) in [6.07, 6.45) is 6.48. The van der Waals surface area contributed by atoms with Gasteiger partial charge in [0.2, 0.25) is 0 Å². The normalized spacial score (nSPS) is 11.5. The van der Waals surface area contributed by atoms with Crippen LogP contribution in [-0.4, -0.2) is 12.5 Å². The summed E-state index contributed by atoms with van der Waals surface area (Å²) in [4.78, 5) is 11.8. The zero-order valence-electron chi connectivity index (χ0n) is 14.4. The Bertz CT molecular complexity index is 468. The van der Waals surface area contributed by atoms with Crippen LogP contribution in [-0.2, 0) is 6.18 Å². The predicted octanol–water partition coefficient (Wildman–Crippen LogP) is 5.97. The number of rotatable bonds is 11. The van der Waals surface area contributed by atoms with Crippen LogP contribution >= 0.6 is 0 Å². The molecule has 0 radical (unpaired) electrons. The van der Waals surface area contributed by atoms with Gasteiger partial charge in [-0.05, 0) is 30.7 Å². The molecule has 0 aliphatic heterocycles. The van der Waals surface area contributed by atoms with Gasteiger partial charge in [0, 0.05) is 12.1 Å². The summed E-state index contributed by atoms with van der Waals surface area (Å²) in [6.45, 7) is 2.77. The second-order valence-electron chi connectivity index (χ2n) is 6.16. The molecule has 0 saturated carbocycles. The zero-order valence-corrected chi connectivity index (χ0v) is 14.4. The molecule has 1 N–H and O–H groups in total. The summed E-state index contributed by atoms with van der Waals surface area (Å²) in [5.41, 5.74) is -0.475. The number of amides is 1. The van der Waals surface area contributed by atoms with E-state index in [1.807, 2.05) is 0 Å². The minimum Gasteiger partial charge on any atom is -0.352 e. The first-order valence-corrected chi connectivity index (χ1v) is 8.90. The third-order valence-corrected chi connectivity index (χ3v) is 4.04. The molecule has 2 nitrogen and oxygen atoms in total. The lowest BCUT2D eigenvalue weighted by molar-refractivity contribution is -0.137. The van der Waals surface area contributed by atoms with Crippen molar-refractivity contribution in [3.8, 4) is 0 Å². The van der Waals surface area contributed by atoms with Crippen molar-refractivity contribution in [1.82, 2.24) is 5.32 Å². The van der Waals surface area contributed by atoms with Gasteiger partial charge in [-0.1, -0.05) is 58.3 Å². The molecular formula is C19H28F3NO. The molecule has 0 fully saturated rings. The number of hydrogen-bond donors (Lipinski definition) is 1. The standard InChI is InChI=1S/C19H28F3NO/c1-2-3-4-5-6-7-8-9-10-15-23-18(24)16-11-13-17(14-12-16)19(20,21)22/h11-14H,2-10,15H2,1H3,(H,23,24). The Morgan fingerprint density at radius 3 is 1.88 bits per heavy atom. The van der Waals surface area contributed by atoms with Crippen molar-refractivity contribution >= 4 is 5.91 Å². The zero-order chi connectivity index (χ0) is 17.8. The van der Waals surface area contributed by atoms with Crippen molar-refractivity contribution in [1.29, 1.82) is 0 Å². The maximum absolute atomic E-state index is 12.5. The molecule has 0 atom stereocenters. The largest absolute Gasteiger partial charge is 0.416 e. The topological polar surface area (TPSA) is 29.1 Å². The maximum Gasteiger partial charge on any atom is 0.416 e. The van der Waals surface area contributed by atoms with Crippen LogP contribution in [0.15, 0.2) is 24.3 Å². The summed E-state index contributed by atoms with van der Waals surface area (Å²) in [7, 11) is 0. The fraction of sp³-hybridized carbons (Fsp3) is 0.632. The van der Waals surface area contributed by atoms with Gasteiger partial charge in [-0.25, -0.2) is 0 Å². The smallest absolute Gasteiger partial charge is 0.352 e. The SMILES string of the molecule is CCCCCCCCCCCNC(=O)c1ccc(C(F)(F)F)cc1. The molecule has 0 aromatic heterocycles. The van der Waals surface area contributed by atoms with Crippen LogP contribution in [0.4, 0.5) is 13.2 Å². The Hall–Kier alpha value is -1.52. The average Bonchev–Trinajstić information content (AvgIpc) is 2.55. The van der Waals surface area contributed by atoms with Crippen molar-refractivity contribution in [2.24, 2.45) is 0 Å². The number of carbonyl (C=O) groups is 1. The summed E-state index contributed by atoms with van der Waals surface area (Å²) in [5.74, 6) is -0.316. The van der Waals surface area contributed by atoms with Gasteiger partial charge in [0.25, 0.3) is 5.91 Å². The molecule has 0 heterocycles. The van der Waals surface area contributed by atoms with Crippen LogP contribution < -0.4 is 5.32 Å². The van der Waals surface area contributed by atoms with E-state index in [9.17, 15) is 18.0 Å². The van der Waals surface area contributed by atoms with Gasteiger partial charge in [0.05, 0.1) is 5.56 Å². The van der Waals surface area contributed by atoms with Crippen molar-refractivity contribution in [2.45, 2.75) is 70.9 Å². The first kappa shape index (κ1) is 20.5. The highest BCUT2D eigenvalue weighted by Crippen LogP contribution is 2.29. The van der Waals surface area contributed by atoms with Crippen LogP contribution in [0.25, 0.3) is 0 Å². The number of carbonyl (C=O) groups excluding carboxylic acids is 1. The van der Waals surface area contributed by atoms with E-state index >= 15 is 0 Å². The Morgan fingerprint density at radius 1 is 0.875 bits per heavy atom. The summed E-state index contributed by atoms with van der Waals surface area (Å²) in [5, 5.41) is 2.76. The Balaban J connectivity index is 2.12. The fourth-order valence-electron chi connectivity index (χ4n) is 2.55. The van der Waals surface area contributed by atoms with Gasteiger partial charge in [-0.2, -0.15) is 13.2 Å². The first-order chi connectivity index (χ1) is 11.4. The highest BCUT2D eigenvalue weighted by atomic mass is 19.4. The maximum atomic E-state index is 12.5. The van der Waals surface area contributed by atoms with E-state index in [4.69, 9.17) is 0 Å². The van der Waals surface area contributed by atoms with E-state index in [0.29, 0.717) is 6.54 Å². The Labute approximate surface area is 142 Å². The summed E-state index contributed by atoms with van der Waals surface area (Å²) in [6, 6.07) is 4.31. The molecule has 1 aromatic carbocycles. The lowest BCUT2D eigenvalue weighted by Crippen LogP contribution is -2.24. The van der Waals surface area contributed by atoms with Gasteiger partial charge >= 0.3 is 6.18 Å². The van der Waals surface area contributed by atoms with Crippen LogP contribution in [0.5, 0.6) is 0 Å². The number of benzene rings is 1. The quantitative estimate of drug-likeness (QED) is 0.493. The number of nitrogens with one attached hydrogen (secondary N) is 1. The van der Waals surface area contributed by atoms with Crippen LogP contribution in [0.3, 0.4) is 0 Å². The lowest BCUT2D eigenvalue weighted by Gasteiger charge is -2.08. The number of halogens is 3. The Morgan fingerprint density at radius 2 is 1.38 bits per heavy atom. The summed E-state index contributed by atoms with van der Waals surface area (Å²) >= 11 is 0. The van der Waals surface area contributed by atoms with Gasteiger partial charge < -0.3 is 5.32 Å². The fourth-order valence-corrected chi connectivity index (χ4v) is 2.55. The average molecular weight is 343 g/mol. The minimum atomic E-state index is -4.37.